The van der Waals surface area contributed by atoms with Gasteiger partial charge in [0.1, 0.15) is 17.3 Å². The zero-order valence-corrected chi connectivity index (χ0v) is 17.1. The third kappa shape index (κ3) is 4.61. The standard InChI is InChI=1S/C23H21FN6O2.H2/c24-20-9-7-16(13-27-20)15-6-8-19-17(12-15)23(31)29-21-5-3-4-18(28-21)22(26)30(14-25)10-1-2-11-32-19;/h3-9,12-14,25-26H,1-2,10-11H2,(H,28,29,31);1H. The van der Waals surface area contributed by atoms with Crippen molar-refractivity contribution < 1.29 is 15.3 Å². The Bertz CT molecular complexity index is 1170. The molecule has 0 atom stereocenters. The molecule has 32 heavy (non-hydrogen) atoms. The molecule has 1 amide bonds. The van der Waals surface area contributed by atoms with Gasteiger partial charge in [-0.15, -0.1) is 0 Å². The number of fused-ring (bicyclic) bond motifs is 3. The van der Waals surface area contributed by atoms with Crippen LogP contribution in [-0.2, 0) is 0 Å². The first-order chi connectivity index (χ1) is 15.5. The van der Waals surface area contributed by atoms with Crippen LogP contribution in [-0.4, -0.2) is 46.1 Å². The summed E-state index contributed by atoms with van der Waals surface area (Å²) in [6, 6.07) is 13.0. The van der Waals surface area contributed by atoms with Gasteiger partial charge in [0.15, 0.2) is 5.84 Å². The number of hydrogen-bond donors (Lipinski definition) is 3. The maximum Gasteiger partial charge on any atom is 0.260 e. The number of nitrogens with one attached hydrogen (secondary N) is 3. The van der Waals surface area contributed by atoms with E-state index in [-0.39, 0.29) is 13.1 Å². The molecule has 0 spiro atoms. The van der Waals surface area contributed by atoms with Crippen molar-refractivity contribution >= 4 is 23.9 Å². The lowest BCUT2D eigenvalue weighted by Crippen LogP contribution is -2.31. The van der Waals surface area contributed by atoms with Gasteiger partial charge in [-0.1, -0.05) is 12.1 Å². The first-order valence-electron chi connectivity index (χ1n) is 10.1. The van der Waals surface area contributed by atoms with Crippen molar-refractivity contribution in [3.05, 3.63) is 71.9 Å². The Morgan fingerprint density at radius 3 is 2.78 bits per heavy atom. The number of amidine groups is 1. The summed E-state index contributed by atoms with van der Waals surface area (Å²) in [5.74, 6) is -0.217. The number of halogens is 1. The van der Waals surface area contributed by atoms with Crippen LogP contribution < -0.4 is 10.1 Å². The molecule has 0 saturated carbocycles. The quantitative estimate of drug-likeness (QED) is 0.318. The highest BCUT2D eigenvalue weighted by atomic mass is 19.1. The largest absolute Gasteiger partial charge is 0.493 e. The van der Waals surface area contributed by atoms with Gasteiger partial charge in [-0.3, -0.25) is 15.6 Å². The molecule has 0 fully saturated rings. The molecule has 2 aromatic heterocycles. The number of amides is 1. The first kappa shape index (κ1) is 21.1. The third-order valence-electron chi connectivity index (χ3n) is 5.01. The van der Waals surface area contributed by atoms with E-state index in [1.807, 2.05) is 0 Å². The van der Waals surface area contributed by atoms with Crippen LogP contribution in [0.25, 0.3) is 11.1 Å². The van der Waals surface area contributed by atoms with E-state index in [9.17, 15) is 9.18 Å². The number of ether oxygens (including phenoxy) is 1. The SMILES string of the molecule is N=CN1CCCCOc2ccc(-c3ccc(F)nc3)cc2C(=O)Nc2cccc(n2)C1=N.[HH]. The molecular weight excluding hydrogens is 411 g/mol. The van der Waals surface area contributed by atoms with Crippen LogP contribution in [0.3, 0.4) is 0 Å². The Morgan fingerprint density at radius 2 is 2.00 bits per heavy atom. The van der Waals surface area contributed by atoms with Crippen LogP contribution >= 0.6 is 0 Å². The molecule has 164 valence electrons. The van der Waals surface area contributed by atoms with E-state index in [0.717, 1.165) is 6.34 Å². The van der Waals surface area contributed by atoms with E-state index in [1.165, 1.54) is 17.2 Å². The smallest absolute Gasteiger partial charge is 0.260 e. The van der Waals surface area contributed by atoms with Crippen molar-refractivity contribution in [2.75, 3.05) is 18.5 Å². The van der Waals surface area contributed by atoms with Gasteiger partial charge in [0.25, 0.3) is 5.91 Å². The van der Waals surface area contributed by atoms with Gasteiger partial charge in [-0.05, 0) is 54.8 Å². The highest BCUT2D eigenvalue weighted by Gasteiger charge is 2.18. The Morgan fingerprint density at radius 1 is 1.16 bits per heavy atom. The Balaban J connectivity index is 0.00000306. The van der Waals surface area contributed by atoms with Gasteiger partial charge < -0.3 is 15.0 Å². The topological polar surface area (TPSA) is 115 Å². The lowest BCUT2D eigenvalue weighted by molar-refractivity contribution is 0.102. The summed E-state index contributed by atoms with van der Waals surface area (Å²) in [6.45, 7) is 0.855. The predicted octanol–water partition coefficient (Wildman–Crippen LogP) is 4.19. The van der Waals surface area contributed by atoms with E-state index in [4.69, 9.17) is 15.6 Å². The fourth-order valence-electron chi connectivity index (χ4n) is 3.33. The summed E-state index contributed by atoms with van der Waals surface area (Å²) in [5.41, 5.74) is 2.03. The molecule has 8 nitrogen and oxygen atoms in total. The minimum atomic E-state index is -0.578. The molecule has 3 aromatic rings. The normalized spacial score (nSPS) is 14.6. The molecule has 9 heteroatoms. The van der Waals surface area contributed by atoms with E-state index >= 15 is 0 Å². The number of anilines is 1. The maximum atomic E-state index is 13.2. The number of benzene rings is 1. The minimum absolute atomic E-state index is 0. The molecule has 0 saturated heterocycles. The van der Waals surface area contributed by atoms with E-state index in [1.54, 1.807) is 42.5 Å². The Labute approximate surface area is 185 Å². The molecule has 3 heterocycles. The molecule has 4 rings (SSSR count). The van der Waals surface area contributed by atoms with Gasteiger partial charge in [-0.2, -0.15) is 4.39 Å². The van der Waals surface area contributed by atoms with Crippen molar-refractivity contribution in [2.45, 2.75) is 12.8 Å². The molecular formula is C23H23FN6O2. The van der Waals surface area contributed by atoms with Crippen molar-refractivity contribution in [3.63, 3.8) is 0 Å². The lowest BCUT2D eigenvalue weighted by Gasteiger charge is -2.20. The molecule has 1 aromatic carbocycles. The highest BCUT2D eigenvalue weighted by Crippen LogP contribution is 2.28. The van der Waals surface area contributed by atoms with Crippen molar-refractivity contribution in [3.8, 4) is 16.9 Å². The molecule has 0 radical (unpaired) electrons. The first-order valence-corrected chi connectivity index (χ1v) is 10.1. The second-order valence-electron chi connectivity index (χ2n) is 7.17. The molecule has 3 N–H and O–H groups in total. The zero-order chi connectivity index (χ0) is 22.5. The van der Waals surface area contributed by atoms with Crippen molar-refractivity contribution in [1.82, 2.24) is 14.9 Å². The minimum Gasteiger partial charge on any atom is -0.493 e. The number of rotatable bonds is 2. The summed E-state index contributed by atoms with van der Waals surface area (Å²) < 4.78 is 19.1. The summed E-state index contributed by atoms with van der Waals surface area (Å²) in [4.78, 5) is 22.6. The Kier molecular flexibility index (Phi) is 6.16. The van der Waals surface area contributed by atoms with Crippen LogP contribution in [0.5, 0.6) is 5.75 Å². The second kappa shape index (κ2) is 9.34. The summed E-state index contributed by atoms with van der Waals surface area (Å²) >= 11 is 0. The van der Waals surface area contributed by atoms with E-state index in [2.05, 4.69) is 15.3 Å². The summed E-state index contributed by atoms with van der Waals surface area (Å²) in [6.07, 6.45) is 3.88. The van der Waals surface area contributed by atoms with Gasteiger partial charge >= 0.3 is 0 Å². The number of aromatic nitrogens is 2. The fraction of sp³-hybridized carbons (Fsp3) is 0.174. The van der Waals surface area contributed by atoms with Gasteiger partial charge in [-0.25, -0.2) is 9.97 Å². The monoisotopic (exact) mass is 434 g/mol. The highest BCUT2D eigenvalue weighted by molar-refractivity contribution is 6.07. The number of pyridine rings is 2. The summed E-state index contributed by atoms with van der Waals surface area (Å²) in [7, 11) is 0. The fourth-order valence-corrected chi connectivity index (χ4v) is 3.33. The molecule has 1 aliphatic heterocycles. The van der Waals surface area contributed by atoms with Gasteiger partial charge in [0, 0.05) is 19.7 Å². The van der Waals surface area contributed by atoms with Crippen LogP contribution in [0.1, 0.15) is 30.3 Å². The van der Waals surface area contributed by atoms with Crippen molar-refractivity contribution in [2.24, 2.45) is 0 Å². The molecule has 0 unspecified atom stereocenters. The van der Waals surface area contributed by atoms with E-state index in [0.29, 0.717) is 54.1 Å². The number of nitrogens with zero attached hydrogens (tertiary/aromatic N) is 3. The van der Waals surface area contributed by atoms with E-state index < -0.39 is 11.9 Å². The van der Waals surface area contributed by atoms with Crippen LogP contribution in [0.4, 0.5) is 10.2 Å². The van der Waals surface area contributed by atoms with Crippen molar-refractivity contribution in [1.29, 1.82) is 10.8 Å². The van der Waals surface area contributed by atoms with Gasteiger partial charge in [0.05, 0.1) is 18.5 Å². The third-order valence-corrected chi connectivity index (χ3v) is 5.01. The zero-order valence-electron chi connectivity index (χ0n) is 17.1. The molecule has 2 bridgehead atoms. The number of carbonyl (C=O) groups excluding carboxylic acids is 1. The maximum absolute atomic E-state index is 13.2. The average molecular weight is 434 g/mol. The summed E-state index contributed by atoms with van der Waals surface area (Å²) in [5, 5.41) is 18.7. The van der Waals surface area contributed by atoms with Crippen LogP contribution in [0.15, 0.2) is 54.7 Å². The van der Waals surface area contributed by atoms with Gasteiger partial charge in [0.2, 0.25) is 5.95 Å². The number of carbonyl (C=O) groups is 1. The second-order valence-corrected chi connectivity index (χ2v) is 7.17. The van der Waals surface area contributed by atoms with Crippen LogP contribution in [0.2, 0.25) is 0 Å². The van der Waals surface area contributed by atoms with Crippen LogP contribution in [0, 0.1) is 16.8 Å². The predicted molar refractivity (Wildman–Crippen MR) is 121 cm³/mol. The average Bonchev–Trinajstić information content (AvgIpc) is 2.81. The lowest BCUT2D eigenvalue weighted by atomic mass is 10.0. The Hall–Kier alpha value is -4.14. The molecule has 0 aliphatic carbocycles. The number of hydrogen-bond acceptors (Lipinski definition) is 6. The molecule has 1 aliphatic rings.